The van der Waals surface area contributed by atoms with Crippen molar-refractivity contribution in [3.8, 4) is 6.07 Å². The van der Waals surface area contributed by atoms with E-state index in [2.05, 4.69) is 22.0 Å². The third-order valence-electron chi connectivity index (χ3n) is 5.23. The Morgan fingerprint density at radius 1 is 1.41 bits per heavy atom. The number of rotatable bonds is 5. The zero-order valence-electron chi connectivity index (χ0n) is 15.9. The van der Waals surface area contributed by atoms with Gasteiger partial charge in [0, 0.05) is 17.3 Å². The van der Waals surface area contributed by atoms with Gasteiger partial charge in [-0.05, 0) is 80.4 Å². The molecular formula is C20H25BrN2O3S. The lowest BCUT2D eigenvalue weighted by Crippen LogP contribution is -2.51. The first kappa shape index (κ1) is 20.3. The van der Waals surface area contributed by atoms with E-state index in [0.29, 0.717) is 6.42 Å². The highest BCUT2D eigenvalue weighted by Crippen LogP contribution is 2.44. The monoisotopic (exact) mass is 452 g/mol. The molecule has 1 amide bonds. The molecule has 1 aliphatic heterocycles. The number of nitrogens with zero attached hydrogens (tertiary/aromatic N) is 2. The average Bonchev–Trinajstić information content (AvgIpc) is 3.27. The Morgan fingerprint density at radius 2 is 2.15 bits per heavy atom. The molecule has 1 saturated carbocycles. The van der Waals surface area contributed by atoms with Crippen molar-refractivity contribution >= 4 is 39.1 Å². The molecule has 2 aliphatic rings. The second-order valence-electron chi connectivity index (χ2n) is 8.47. The molecule has 1 aliphatic carbocycles. The molecule has 5 nitrogen and oxygen atoms in total. The van der Waals surface area contributed by atoms with Crippen molar-refractivity contribution in [2.45, 2.75) is 70.6 Å². The van der Waals surface area contributed by atoms with Gasteiger partial charge in [-0.1, -0.05) is 0 Å². The molecule has 7 heteroatoms. The summed E-state index contributed by atoms with van der Waals surface area (Å²) < 4.78 is 6.57. The number of hydrogen-bond acceptors (Lipinski definition) is 5. The predicted octanol–water partition coefficient (Wildman–Crippen LogP) is 4.94. The maximum Gasteiger partial charge on any atom is 0.411 e. The Hall–Kier alpha value is -1.39. The maximum atomic E-state index is 13.1. The molecule has 2 fully saturated rings. The van der Waals surface area contributed by atoms with Crippen molar-refractivity contribution in [1.82, 2.24) is 4.90 Å². The van der Waals surface area contributed by atoms with Gasteiger partial charge in [-0.3, -0.25) is 9.69 Å². The highest BCUT2D eigenvalue weighted by molar-refractivity contribution is 9.11. The summed E-state index contributed by atoms with van der Waals surface area (Å²) in [4.78, 5) is 28.5. The first-order valence-corrected chi connectivity index (χ1v) is 11.0. The topological polar surface area (TPSA) is 70.4 Å². The summed E-state index contributed by atoms with van der Waals surface area (Å²) in [6, 6.07) is 5.86. The summed E-state index contributed by atoms with van der Waals surface area (Å²) in [7, 11) is 0. The van der Waals surface area contributed by atoms with Gasteiger partial charge in [0.2, 0.25) is 0 Å². The molecule has 146 valence electrons. The summed E-state index contributed by atoms with van der Waals surface area (Å²) in [6.07, 6.45) is 3.10. The number of halogens is 1. The second kappa shape index (κ2) is 7.92. The first-order valence-electron chi connectivity index (χ1n) is 9.36. The Kier molecular flexibility index (Phi) is 5.97. The number of carbonyl (C=O) groups excluding carboxylic acids is 2. The van der Waals surface area contributed by atoms with Crippen molar-refractivity contribution in [2.75, 3.05) is 0 Å². The molecule has 2 heterocycles. The lowest BCUT2D eigenvalue weighted by Gasteiger charge is -2.35. The molecule has 2 bridgehead atoms. The van der Waals surface area contributed by atoms with Crippen molar-refractivity contribution in [3.63, 3.8) is 0 Å². The van der Waals surface area contributed by atoms with Gasteiger partial charge in [-0.15, -0.1) is 11.3 Å². The van der Waals surface area contributed by atoms with Crippen LogP contribution in [0.15, 0.2) is 15.9 Å². The van der Waals surface area contributed by atoms with Crippen LogP contribution in [0.2, 0.25) is 0 Å². The minimum atomic E-state index is -0.589. The highest BCUT2D eigenvalue weighted by atomic mass is 79.9. The molecule has 4 atom stereocenters. The van der Waals surface area contributed by atoms with Gasteiger partial charge in [0.05, 0.1) is 21.8 Å². The van der Waals surface area contributed by atoms with Gasteiger partial charge in [0.25, 0.3) is 0 Å². The van der Waals surface area contributed by atoms with Crippen LogP contribution < -0.4 is 0 Å². The van der Waals surface area contributed by atoms with Crippen LogP contribution in [0.4, 0.5) is 4.79 Å². The van der Waals surface area contributed by atoms with Gasteiger partial charge in [0.1, 0.15) is 5.60 Å². The number of piperidine rings is 1. The smallest absolute Gasteiger partial charge is 0.411 e. The van der Waals surface area contributed by atoms with E-state index >= 15 is 0 Å². The van der Waals surface area contributed by atoms with Gasteiger partial charge in [-0.2, -0.15) is 5.26 Å². The van der Waals surface area contributed by atoms with Crippen LogP contribution in [-0.2, 0) is 16.0 Å². The fourth-order valence-corrected chi connectivity index (χ4v) is 5.78. The fourth-order valence-electron chi connectivity index (χ4n) is 4.21. The fraction of sp³-hybridized carbons (Fsp3) is 0.650. The zero-order chi connectivity index (χ0) is 19.8. The number of carbonyl (C=O) groups is 2. The van der Waals surface area contributed by atoms with E-state index in [9.17, 15) is 14.9 Å². The van der Waals surface area contributed by atoms with Crippen LogP contribution in [0.25, 0.3) is 0 Å². The number of thiophene rings is 1. The summed E-state index contributed by atoms with van der Waals surface area (Å²) in [5, 5.41) is 9.53. The molecule has 0 N–H and O–H groups in total. The summed E-state index contributed by atoms with van der Waals surface area (Å²) in [5.41, 5.74) is -0.589. The van der Waals surface area contributed by atoms with E-state index in [-0.39, 0.29) is 30.1 Å². The number of Topliss-reactive ketones (excluding diaryl/α,β-unsaturated/α-hetero) is 1. The molecular weight excluding hydrogens is 428 g/mol. The van der Waals surface area contributed by atoms with Crippen molar-refractivity contribution < 1.29 is 14.3 Å². The normalized spacial score (nSPS) is 25.3. The Balaban J connectivity index is 1.69. The van der Waals surface area contributed by atoms with Crippen molar-refractivity contribution in [2.24, 2.45) is 11.8 Å². The van der Waals surface area contributed by atoms with Crippen LogP contribution in [0.5, 0.6) is 0 Å². The third-order valence-corrected chi connectivity index (χ3v) is 6.87. The van der Waals surface area contributed by atoms with Crippen LogP contribution in [-0.4, -0.2) is 34.5 Å². The maximum absolute atomic E-state index is 13.1. The minimum Gasteiger partial charge on any atom is -0.444 e. The van der Waals surface area contributed by atoms with Crippen LogP contribution in [0, 0.1) is 23.2 Å². The SMILES string of the molecule is CC(C)(C)OC(=O)N1[C@@H]2CC[C@@H](C2)[C@H]1C(=O)C[C@H](C#N)Cc1ccc(Br)s1. The highest BCUT2D eigenvalue weighted by Gasteiger charge is 2.52. The number of amides is 1. The lowest BCUT2D eigenvalue weighted by atomic mass is 9.89. The van der Waals surface area contributed by atoms with E-state index in [1.54, 1.807) is 16.2 Å². The largest absolute Gasteiger partial charge is 0.444 e. The van der Waals surface area contributed by atoms with Gasteiger partial charge < -0.3 is 4.74 Å². The first-order chi connectivity index (χ1) is 12.7. The minimum absolute atomic E-state index is 0.00442. The van der Waals surface area contributed by atoms with E-state index in [0.717, 1.165) is 27.9 Å². The van der Waals surface area contributed by atoms with Crippen molar-refractivity contribution in [3.05, 3.63) is 20.8 Å². The standard InChI is InChI=1S/C20H25BrN2O3S/c1-20(2,3)26-19(25)23-14-5-4-13(10-14)18(23)16(24)9-12(11-22)8-15-6-7-17(21)27-15/h6-7,12-14,18H,4-5,8-10H2,1-3H3/t12-,13+,14-,18+/m1/s1. The molecule has 0 unspecified atom stereocenters. The molecule has 0 aromatic carbocycles. The summed E-state index contributed by atoms with van der Waals surface area (Å²) in [6.45, 7) is 5.50. The number of hydrogen-bond donors (Lipinski definition) is 0. The summed E-state index contributed by atoms with van der Waals surface area (Å²) >= 11 is 5.01. The number of ketones is 1. The van der Waals surface area contributed by atoms with Gasteiger partial charge in [0.15, 0.2) is 5.78 Å². The zero-order valence-corrected chi connectivity index (χ0v) is 18.3. The summed E-state index contributed by atoms with van der Waals surface area (Å²) in [5.74, 6) is -0.178. The Bertz CT molecular complexity index is 764. The second-order valence-corrected chi connectivity index (χ2v) is 11.0. The number of nitriles is 1. The number of fused-ring (bicyclic) bond motifs is 2. The van der Waals surface area contributed by atoms with Crippen molar-refractivity contribution in [1.29, 1.82) is 5.26 Å². The van der Waals surface area contributed by atoms with Gasteiger partial charge in [-0.25, -0.2) is 4.79 Å². The number of likely N-dealkylation sites (tertiary alicyclic amines) is 1. The quantitative estimate of drug-likeness (QED) is 0.633. The lowest BCUT2D eigenvalue weighted by molar-refractivity contribution is -0.126. The molecule has 0 spiro atoms. The van der Waals surface area contributed by atoms with E-state index in [1.807, 2.05) is 32.9 Å². The molecule has 1 aromatic rings. The third kappa shape index (κ3) is 4.72. The molecule has 1 saturated heterocycles. The van der Waals surface area contributed by atoms with E-state index < -0.39 is 17.7 Å². The number of ether oxygens (including phenoxy) is 1. The van der Waals surface area contributed by atoms with E-state index in [4.69, 9.17) is 4.74 Å². The molecule has 27 heavy (non-hydrogen) atoms. The predicted molar refractivity (Wildman–Crippen MR) is 107 cm³/mol. The molecule has 1 aromatic heterocycles. The Labute approximate surface area is 172 Å². The molecule has 3 rings (SSSR count). The van der Waals surface area contributed by atoms with Crippen LogP contribution in [0.1, 0.15) is 51.3 Å². The average molecular weight is 453 g/mol. The van der Waals surface area contributed by atoms with Crippen LogP contribution in [0.3, 0.4) is 0 Å². The molecule has 0 radical (unpaired) electrons. The Morgan fingerprint density at radius 3 is 2.74 bits per heavy atom. The van der Waals surface area contributed by atoms with E-state index in [1.165, 1.54) is 0 Å². The van der Waals surface area contributed by atoms with Crippen LogP contribution >= 0.6 is 27.3 Å². The van der Waals surface area contributed by atoms with Gasteiger partial charge >= 0.3 is 6.09 Å².